The van der Waals surface area contributed by atoms with Crippen LogP contribution in [-0.4, -0.2) is 50.0 Å². The number of benzene rings is 2. The van der Waals surface area contributed by atoms with Gasteiger partial charge in [-0.25, -0.2) is 4.39 Å². The summed E-state index contributed by atoms with van der Waals surface area (Å²) < 4.78 is 30.5. The molecule has 1 amide bonds. The van der Waals surface area contributed by atoms with Gasteiger partial charge in [-0.2, -0.15) is 10.4 Å². The number of hydrogen-bond acceptors (Lipinski definition) is 7. The summed E-state index contributed by atoms with van der Waals surface area (Å²) in [5.74, 6) is -1.23. The van der Waals surface area contributed by atoms with Crippen molar-refractivity contribution in [1.29, 1.82) is 5.26 Å². The number of pyridine rings is 1. The van der Waals surface area contributed by atoms with Gasteiger partial charge in [-0.1, -0.05) is 23.7 Å². The molecule has 11 heteroatoms. The smallest absolute Gasteiger partial charge is 0.257 e. The Labute approximate surface area is 246 Å². The van der Waals surface area contributed by atoms with Crippen molar-refractivity contribution in [3.63, 3.8) is 0 Å². The van der Waals surface area contributed by atoms with E-state index in [0.29, 0.717) is 40.4 Å². The summed E-state index contributed by atoms with van der Waals surface area (Å²) >= 11 is 6.23. The van der Waals surface area contributed by atoms with Crippen molar-refractivity contribution >= 4 is 17.5 Å². The zero-order chi connectivity index (χ0) is 29.6. The molecule has 2 unspecified atom stereocenters. The minimum Gasteiger partial charge on any atom is -0.381 e. The number of aryl methyl sites for hydroxylation is 1. The Balaban J connectivity index is 1.57. The Bertz CT molecular complexity index is 1690. The van der Waals surface area contributed by atoms with E-state index in [-0.39, 0.29) is 29.8 Å². The molecule has 0 spiro atoms. The molecule has 1 saturated heterocycles. The van der Waals surface area contributed by atoms with E-state index < -0.39 is 29.2 Å². The molecule has 4 aromatic rings. The zero-order valence-electron chi connectivity index (χ0n) is 22.9. The quantitative estimate of drug-likeness (QED) is 0.341. The summed E-state index contributed by atoms with van der Waals surface area (Å²) in [7, 11) is 1.71. The van der Waals surface area contributed by atoms with Crippen molar-refractivity contribution in [3.05, 3.63) is 117 Å². The highest BCUT2D eigenvalue weighted by molar-refractivity contribution is 6.30. The van der Waals surface area contributed by atoms with Crippen molar-refractivity contribution in [1.82, 2.24) is 19.7 Å². The molecule has 4 heterocycles. The monoisotopic (exact) mass is 587 g/mol. The first kappa shape index (κ1) is 28.0. The Kier molecular flexibility index (Phi) is 7.07. The SMILES string of the molecule is Cn1cc(C(C)(O)c2cc(F)c3c(c2)C(=O)N(Cc2ccc(C#N)cn2)[C@@]3(OC2CCOC2)c2ccc(Cl)cc2)cn1. The predicted octanol–water partition coefficient (Wildman–Crippen LogP) is 4.40. The second kappa shape index (κ2) is 10.6. The van der Waals surface area contributed by atoms with Gasteiger partial charge >= 0.3 is 0 Å². The molecule has 2 aliphatic rings. The zero-order valence-corrected chi connectivity index (χ0v) is 23.7. The topological polar surface area (TPSA) is 114 Å². The van der Waals surface area contributed by atoms with Crippen LogP contribution in [-0.2, 0) is 34.4 Å². The van der Waals surface area contributed by atoms with E-state index in [2.05, 4.69) is 10.1 Å². The molecule has 2 aliphatic heterocycles. The van der Waals surface area contributed by atoms with Crippen LogP contribution in [0.2, 0.25) is 5.02 Å². The maximum Gasteiger partial charge on any atom is 0.257 e. The number of carbonyl (C=O) groups is 1. The fourth-order valence-corrected chi connectivity index (χ4v) is 5.73. The average molecular weight is 588 g/mol. The molecule has 0 radical (unpaired) electrons. The maximum absolute atomic E-state index is 16.6. The van der Waals surface area contributed by atoms with E-state index in [0.717, 1.165) is 0 Å². The Morgan fingerprint density at radius 3 is 2.64 bits per heavy atom. The standard InChI is InChI=1S/C31H27ClFN5O4/c1-30(40,22-15-36-37(2)16-22)21-11-26-28(27(33)12-21)31(42-25-9-10-41-18-25,20-4-6-23(32)7-5-20)38(29(26)39)17-24-8-3-19(13-34)14-35-24/h3-8,11-12,14-16,25,40H,9-10,17-18H2,1-2H3/t25?,30?,31-/m1/s1. The molecule has 6 rings (SSSR count). The van der Waals surface area contributed by atoms with Gasteiger partial charge in [-0.3, -0.25) is 19.4 Å². The molecular weight excluding hydrogens is 561 g/mol. The second-order valence-corrected chi connectivity index (χ2v) is 11.1. The summed E-state index contributed by atoms with van der Waals surface area (Å²) in [6.07, 6.45) is 4.67. The third-order valence-corrected chi connectivity index (χ3v) is 8.10. The molecule has 2 aromatic heterocycles. The lowest BCUT2D eigenvalue weighted by Crippen LogP contribution is -2.49. The van der Waals surface area contributed by atoms with Gasteiger partial charge in [-0.05, 0) is 55.3 Å². The first-order valence-electron chi connectivity index (χ1n) is 13.4. The molecule has 3 atom stereocenters. The Morgan fingerprint density at radius 1 is 1.24 bits per heavy atom. The van der Waals surface area contributed by atoms with Crippen LogP contribution in [0.1, 0.15) is 57.2 Å². The highest BCUT2D eigenvalue weighted by Crippen LogP contribution is 2.50. The number of ether oxygens (including phenoxy) is 2. The number of fused-ring (bicyclic) bond motifs is 1. The highest BCUT2D eigenvalue weighted by atomic mass is 35.5. The van der Waals surface area contributed by atoms with Gasteiger partial charge in [0.2, 0.25) is 5.72 Å². The van der Waals surface area contributed by atoms with Gasteiger partial charge in [0.15, 0.2) is 0 Å². The van der Waals surface area contributed by atoms with Crippen molar-refractivity contribution in [3.8, 4) is 6.07 Å². The fraction of sp³-hybridized carbons (Fsp3) is 0.290. The van der Waals surface area contributed by atoms with E-state index in [1.54, 1.807) is 49.6 Å². The lowest BCUT2D eigenvalue weighted by Gasteiger charge is -2.41. The van der Waals surface area contributed by atoms with Gasteiger partial charge < -0.3 is 14.6 Å². The predicted molar refractivity (Wildman–Crippen MR) is 150 cm³/mol. The van der Waals surface area contributed by atoms with Crippen LogP contribution in [0.25, 0.3) is 0 Å². The summed E-state index contributed by atoms with van der Waals surface area (Å²) in [4.78, 5) is 20.2. The number of aromatic nitrogens is 3. The lowest BCUT2D eigenvalue weighted by atomic mass is 9.85. The number of hydrogen-bond donors (Lipinski definition) is 1. The maximum atomic E-state index is 16.6. The molecule has 0 aliphatic carbocycles. The molecular formula is C31H27ClFN5O4. The van der Waals surface area contributed by atoms with Crippen LogP contribution in [0.5, 0.6) is 0 Å². The minimum atomic E-state index is -1.70. The third kappa shape index (κ3) is 4.64. The number of halogens is 2. The first-order chi connectivity index (χ1) is 20.1. The van der Waals surface area contributed by atoms with E-state index in [4.69, 9.17) is 21.1 Å². The second-order valence-electron chi connectivity index (χ2n) is 10.7. The summed E-state index contributed by atoms with van der Waals surface area (Å²) in [6.45, 7) is 2.22. The highest BCUT2D eigenvalue weighted by Gasteiger charge is 2.56. The molecule has 1 N–H and O–H groups in total. The summed E-state index contributed by atoms with van der Waals surface area (Å²) in [5.41, 5.74) is -1.30. The van der Waals surface area contributed by atoms with Crippen LogP contribution in [0.3, 0.4) is 0 Å². The Morgan fingerprint density at radius 2 is 2.02 bits per heavy atom. The van der Waals surface area contributed by atoms with E-state index in [1.165, 1.54) is 41.0 Å². The summed E-state index contributed by atoms with van der Waals surface area (Å²) in [5, 5.41) is 25.4. The van der Waals surface area contributed by atoms with E-state index in [9.17, 15) is 15.2 Å². The molecule has 0 bridgehead atoms. The number of carbonyl (C=O) groups excluding carboxylic acids is 1. The van der Waals surface area contributed by atoms with Crippen LogP contribution in [0.15, 0.2) is 67.1 Å². The van der Waals surface area contributed by atoms with Crippen LogP contribution < -0.4 is 0 Å². The number of nitrogens with zero attached hydrogens (tertiary/aromatic N) is 5. The third-order valence-electron chi connectivity index (χ3n) is 7.85. The van der Waals surface area contributed by atoms with Crippen molar-refractivity contribution in [2.24, 2.45) is 7.05 Å². The van der Waals surface area contributed by atoms with Gasteiger partial charge in [0, 0.05) is 42.2 Å². The largest absolute Gasteiger partial charge is 0.381 e. The molecule has 2 aromatic carbocycles. The van der Waals surface area contributed by atoms with Gasteiger partial charge in [0.25, 0.3) is 5.91 Å². The number of nitriles is 1. The van der Waals surface area contributed by atoms with Crippen molar-refractivity contribution in [2.75, 3.05) is 13.2 Å². The number of rotatable bonds is 7. The Hall–Kier alpha value is -4.14. The summed E-state index contributed by atoms with van der Waals surface area (Å²) in [6, 6.07) is 14.8. The fourth-order valence-electron chi connectivity index (χ4n) is 5.61. The van der Waals surface area contributed by atoms with Gasteiger partial charge in [-0.15, -0.1) is 0 Å². The lowest BCUT2D eigenvalue weighted by molar-refractivity contribution is -0.148. The normalized spacial score (nSPS) is 21.3. The average Bonchev–Trinajstić information content (AvgIpc) is 3.71. The van der Waals surface area contributed by atoms with E-state index >= 15 is 4.39 Å². The van der Waals surface area contributed by atoms with Gasteiger partial charge in [0.05, 0.1) is 47.8 Å². The molecule has 1 fully saturated rings. The van der Waals surface area contributed by atoms with Crippen LogP contribution in [0.4, 0.5) is 4.39 Å². The first-order valence-corrected chi connectivity index (χ1v) is 13.8. The van der Waals surface area contributed by atoms with Crippen molar-refractivity contribution in [2.45, 2.75) is 37.3 Å². The molecule has 42 heavy (non-hydrogen) atoms. The van der Waals surface area contributed by atoms with Crippen LogP contribution in [0, 0.1) is 17.1 Å². The van der Waals surface area contributed by atoms with Crippen molar-refractivity contribution < 1.29 is 23.8 Å². The van der Waals surface area contributed by atoms with Crippen LogP contribution >= 0.6 is 11.6 Å². The van der Waals surface area contributed by atoms with Gasteiger partial charge in [0.1, 0.15) is 17.5 Å². The van der Waals surface area contributed by atoms with E-state index in [1.807, 2.05) is 6.07 Å². The molecule has 9 nitrogen and oxygen atoms in total. The molecule has 0 saturated carbocycles. The number of amides is 1. The minimum absolute atomic E-state index is 0.0288. The number of aliphatic hydroxyl groups is 1. The molecule has 214 valence electrons.